The molecule has 7 heteroatoms. The summed E-state index contributed by atoms with van der Waals surface area (Å²) in [6, 6.07) is 10.4. The molecule has 0 radical (unpaired) electrons. The van der Waals surface area contributed by atoms with Gasteiger partial charge < -0.3 is 14.8 Å². The highest BCUT2D eigenvalue weighted by atomic mass is 35.5. The van der Waals surface area contributed by atoms with E-state index in [1.807, 2.05) is 17.5 Å². The van der Waals surface area contributed by atoms with Crippen LogP contribution in [0, 0.1) is 0 Å². The summed E-state index contributed by atoms with van der Waals surface area (Å²) in [5.41, 5.74) is 2.68. The molecule has 0 aliphatic rings. The number of rotatable bonds is 6. The van der Waals surface area contributed by atoms with Crippen molar-refractivity contribution in [1.29, 1.82) is 0 Å². The van der Waals surface area contributed by atoms with E-state index in [-0.39, 0.29) is 5.91 Å². The zero-order valence-corrected chi connectivity index (χ0v) is 17.6. The third-order valence-electron chi connectivity index (χ3n) is 4.17. The SMILES string of the molecule is COc1ccc(C(=O)Nc2ccc(-c3csc(C(C)C)n3)c(Cl)c2)c(OC)c1. The summed E-state index contributed by atoms with van der Waals surface area (Å²) in [4.78, 5) is 17.3. The summed E-state index contributed by atoms with van der Waals surface area (Å²) in [6.07, 6.45) is 0. The van der Waals surface area contributed by atoms with Gasteiger partial charge in [-0.15, -0.1) is 11.3 Å². The second kappa shape index (κ2) is 8.63. The highest BCUT2D eigenvalue weighted by molar-refractivity contribution is 7.10. The maximum Gasteiger partial charge on any atom is 0.259 e. The van der Waals surface area contributed by atoms with Crippen molar-refractivity contribution in [3.8, 4) is 22.8 Å². The standard InChI is InChI=1S/C21H21ClN2O3S/c1-12(2)21-24-18(11-28-21)15-7-5-13(9-17(15)22)23-20(25)16-8-6-14(26-3)10-19(16)27-4/h5-12H,1-4H3,(H,23,25). The van der Waals surface area contributed by atoms with Crippen LogP contribution in [-0.2, 0) is 0 Å². The van der Waals surface area contributed by atoms with Gasteiger partial charge in [0.1, 0.15) is 11.5 Å². The summed E-state index contributed by atoms with van der Waals surface area (Å²) in [6.45, 7) is 4.21. The lowest BCUT2D eigenvalue weighted by molar-refractivity contribution is 0.102. The molecule has 0 aliphatic carbocycles. The Morgan fingerprint density at radius 1 is 1.14 bits per heavy atom. The Hall–Kier alpha value is -2.57. The smallest absolute Gasteiger partial charge is 0.259 e. The molecule has 0 aliphatic heterocycles. The van der Waals surface area contributed by atoms with E-state index in [1.165, 1.54) is 7.11 Å². The Kier molecular flexibility index (Phi) is 6.21. The Bertz CT molecular complexity index is 1000. The van der Waals surface area contributed by atoms with E-state index in [4.69, 9.17) is 21.1 Å². The van der Waals surface area contributed by atoms with Gasteiger partial charge in [0.05, 0.1) is 35.5 Å². The minimum Gasteiger partial charge on any atom is -0.497 e. The van der Waals surface area contributed by atoms with E-state index in [2.05, 4.69) is 24.1 Å². The van der Waals surface area contributed by atoms with E-state index >= 15 is 0 Å². The quantitative estimate of drug-likeness (QED) is 0.547. The molecular weight excluding hydrogens is 396 g/mol. The van der Waals surface area contributed by atoms with Crippen LogP contribution in [0.4, 0.5) is 5.69 Å². The van der Waals surface area contributed by atoms with Crippen LogP contribution in [0.1, 0.15) is 35.1 Å². The van der Waals surface area contributed by atoms with Crippen LogP contribution in [0.5, 0.6) is 11.5 Å². The van der Waals surface area contributed by atoms with Gasteiger partial charge in [-0.05, 0) is 30.3 Å². The van der Waals surface area contributed by atoms with Crippen LogP contribution >= 0.6 is 22.9 Å². The number of amides is 1. The second-order valence-corrected chi connectivity index (χ2v) is 7.74. The molecule has 5 nitrogen and oxygen atoms in total. The number of ether oxygens (including phenoxy) is 2. The molecule has 2 aromatic carbocycles. The largest absolute Gasteiger partial charge is 0.497 e. The first-order valence-electron chi connectivity index (χ1n) is 8.71. The van der Waals surface area contributed by atoms with Crippen molar-refractivity contribution in [1.82, 2.24) is 4.98 Å². The van der Waals surface area contributed by atoms with Crippen LogP contribution in [0.25, 0.3) is 11.3 Å². The third-order valence-corrected chi connectivity index (χ3v) is 5.63. The zero-order valence-electron chi connectivity index (χ0n) is 16.1. The minimum atomic E-state index is -0.293. The number of benzene rings is 2. The summed E-state index contributed by atoms with van der Waals surface area (Å²) in [5, 5.41) is 6.44. The molecule has 0 unspecified atom stereocenters. The van der Waals surface area contributed by atoms with Crippen molar-refractivity contribution in [2.24, 2.45) is 0 Å². The normalized spacial score (nSPS) is 10.8. The van der Waals surface area contributed by atoms with Crippen molar-refractivity contribution in [3.05, 3.63) is 57.4 Å². The minimum absolute atomic E-state index is 0.293. The molecule has 1 aromatic heterocycles. The molecule has 0 saturated carbocycles. The Morgan fingerprint density at radius 3 is 2.54 bits per heavy atom. The summed E-state index contributed by atoms with van der Waals surface area (Å²) < 4.78 is 10.5. The van der Waals surface area contributed by atoms with Crippen molar-refractivity contribution in [2.45, 2.75) is 19.8 Å². The lowest BCUT2D eigenvalue weighted by Gasteiger charge is -2.11. The molecule has 0 bridgehead atoms. The number of thiazole rings is 1. The summed E-state index contributed by atoms with van der Waals surface area (Å²) >= 11 is 8.07. The van der Waals surface area contributed by atoms with Gasteiger partial charge in [0.25, 0.3) is 5.91 Å². The molecule has 0 atom stereocenters. The average molecular weight is 417 g/mol. The fraction of sp³-hybridized carbons (Fsp3) is 0.238. The first-order valence-corrected chi connectivity index (χ1v) is 9.97. The second-order valence-electron chi connectivity index (χ2n) is 6.44. The third kappa shape index (κ3) is 4.29. The van der Waals surface area contributed by atoms with Gasteiger partial charge >= 0.3 is 0 Å². The number of carbonyl (C=O) groups excluding carboxylic acids is 1. The van der Waals surface area contributed by atoms with Crippen LogP contribution in [-0.4, -0.2) is 25.1 Å². The molecule has 28 heavy (non-hydrogen) atoms. The first-order chi connectivity index (χ1) is 13.4. The predicted octanol–water partition coefficient (Wildman–Crippen LogP) is 5.86. The topological polar surface area (TPSA) is 60.5 Å². The maximum atomic E-state index is 12.7. The van der Waals surface area contributed by atoms with E-state index in [0.717, 1.165) is 16.3 Å². The molecule has 3 aromatic rings. The molecule has 146 valence electrons. The van der Waals surface area contributed by atoms with Crippen molar-refractivity contribution in [2.75, 3.05) is 19.5 Å². The lowest BCUT2D eigenvalue weighted by atomic mass is 10.1. The summed E-state index contributed by atoms with van der Waals surface area (Å²) in [5.74, 6) is 1.13. The highest BCUT2D eigenvalue weighted by Gasteiger charge is 2.15. The van der Waals surface area contributed by atoms with Crippen molar-refractivity contribution in [3.63, 3.8) is 0 Å². The van der Waals surface area contributed by atoms with Gasteiger partial charge in [-0.2, -0.15) is 0 Å². The number of nitrogens with zero attached hydrogens (tertiary/aromatic N) is 1. The Morgan fingerprint density at radius 2 is 1.93 bits per heavy atom. The average Bonchev–Trinajstić information content (AvgIpc) is 3.17. The number of anilines is 1. The predicted molar refractivity (Wildman–Crippen MR) is 114 cm³/mol. The van der Waals surface area contributed by atoms with Crippen LogP contribution in [0.3, 0.4) is 0 Å². The number of methoxy groups -OCH3 is 2. The number of hydrogen-bond donors (Lipinski definition) is 1. The number of aromatic nitrogens is 1. The van der Waals surface area contributed by atoms with Gasteiger partial charge in [-0.25, -0.2) is 4.98 Å². The Balaban J connectivity index is 1.81. The molecule has 0 spiro atoms. The zero-order chi connectivity index (χ0) is 20.3. The van der Waals surface area contributed by atoms with Gasteiger partial charge in [-0.1, -0.05) is 25.4 Å². The molecule has 1 amide bonds. The summed E-state index contributed by atoms with van der Waals surface area (Å²) in [7, 11) is 3.07. The molecule has 0 fully saturated rings. The monoisotopic (exact) mass is 416 g/mol. The number of hydrogen-bond acceptors (Lipinski definition) is 5. The van der Waals surface area contributed by atoms with Crippen molar-refractivity contribution >= 4 is 34.5 Å². The molecule has 0 saturated heterocycles. The van der Waals surface area contributed by atoms with Crippen LogP contribution < -0.4 is 14.8 Å². The van der Waals surface area contributed by atoms with E-state index < -0.39 is 0 Å². The molecular formula is C21H21ClN2O3S. The van der Waals surface area contributed by atoms with Crippen LogP contribution in [0.15, 0.2) is 41.8 Å². The van der Waals surface area contributed by atoms with Gasteiger partial charge in [0, 0.05) is 28.6 Å². The molecule has 1 N–H and O–H groups in total. The van der Waals surface area contributed by atoms with E-state index in [0.29, 0.717) is 33.7 Å². The van der Waals surface area contributed by atoms with Gasteiger partial charge in [0.2, 0.25) is 0 Å². The number of carbonyl (C=O) groups is 1. The van der Waals surface area contributed by atoms with Gasteiger partial charge in [-0.3, -0.25) is 4.79 Å². The van der Waals surface area contributed by atoms with Crippen molar-refractivity contribution < 1.29 is 14.3 Å². The highest BCUT2D eigenvalue weighted by Crippen LogP contribution is 2.33. The van der Waals surface area contributed by atoms with E-state index in [9.17, 15) is 4.79 Å². The van der Waals surface area contributed by atoms with E-state index in [1.54, 1.807) is 42.7 Å². The molecule has 3 rings (SSSR count). The van der Waals surface area contributed by atoms with Crippen LogP contribution in [0.2, 0.25) is 5.02 Å². The van der Waals surface area contributed by atoms with Gasteiger partial charge in [0.15, 0.2) is 0 Å². The fourth-order valence-electron chi connectivity index (χ4n) is 2.66. The fourth-order valence-corrected chi connectivity index (χ4v) is 3.77. The number of nitrogens with one attached hydrogen (secondary N) is 1. The first kappa shape index (κ1) is 20.2. The maximum absolute atomic E-state index is 12.7. The number of halogens is 1. The lowest BCUT2D eigenvalue weighted by Crippen LogP contribution is -2.13. The molecule has 1 heterocycles. The Labute approximate surface area is 173 Å².